The summed E-state index contributed by atoms with van der Waals surface area (Å²) in [6, 6.07) is 2.25. The summed E-state index contributed by atoms with van der Waals surface area (Å²) in [7, 11) is 0. The summed E-state index contributed by atoms with van der Waals surface area (Å²) in [5, 5.41) is 12.9. The highest BCUT2D eigenvalue weighted by atomic mass is 35.5. The van der Waals surface area contributed by atoms with Gasteiger partial charge in [-0.3, -0.25) is 0 Å². The minimum atomic E-state index is -4.59. The third-order valence-electron chi connectivity index (χ3n) is 3.09. The van der Waals surface area contributed by atoms with Gasteiger partial charge in [0.1, 0.15) is 5.75 Å². The minimum absolute atomic E-state index is 0.00637. The largest absolute Gasteiger partial charge is 0.507 e. The van der Waals surface area contributed by atoms with E-state index in [1.54, 1.807) is 0 Å². The van der Waals surface area contributed by atoms with Crippen LogP contribution in [0.25, 0.3) is 0 Å². The maximum absolute atomic E-state index is 12.7. The zero-order valence-corrected chi connectivity index (χ0v) is 10.3. The standard InChI is InChI=1S/C12H13ClF3NO/c13-8-4-7(5-9-2-1-3-17-9)11(18)10(6-8)12(14,15)16/h4,6,9,17-18H,1-3,5H2. The van der Waals surface area contributed by atoms with Gasteiger partial charge < -0.3 is 10.4 Å². The minimum Gasteiger partial charge on any atom is -0.507 e. The first kappa shape index (κ1) is 13.5. The van der Waals surface area contributed by atoms with E-state index < -0.39 is 17.5 Å². The number of hydrogen-bond acceptors (Lipinski definition) is 2. The number of aromatic hydroxyl groups is 1. The molecule has 1 aromatic rings. The first-order valence-electron chi connectivity index (χ1n) is 5.70. The van der Waals surface area contributed by atoms with Crippen molar-refractivity contribution >= 4 is 11.6 Å². The Balaban J connectivity index is 2.32. The number of phenols is 1. The molecule has 1 heterocycles. The van der Waals surface area contributed by atoms with Crippen LogP contribution in [-0.4, -0.2) is 17.7 Å². The van der Waals surface area contributed by atoms with Gasteiger partial charge in [-0.2, -0.15) is 13.2 Å². The van der Waals surface area contributed by atoms with Crippen LogP contribution >= 0.6 is 11.6 Å². The predicted molar refractivity (Wildman–Crippen MR) is 62.8 cm³/mol. The topological polar surface area (TPSA) is 32.3 Å². The van der Waals surface area contributed by atoms with Crippen LogP contribution in [0.5, 0.6) is 5.75 Å². The molecule has 2 nitrogen and oxygen atoms in total. The molecule has 1 saturated heterocycles. The van der Waals surface area contributed by atoms with Crippen molar-refractivity contribution in [2.45, 2.75) is 31.5 Å². The normalized spacial score (nSPS) is 20.3. The predicted octanol–water partition coefficient (Wildman–Crippen LogP) is 3.36. The van der Waals surface area contributed by atoms with E-state index in [2.05, 4.69) is 5.32 Å². The third-order valence-corrected chi connectivity index (χ3v) is 3.31. The summed E-state index contributed by atoms with van der Waals surface area (Å²) in [5.41, 5.74) is -0.822. The summed E-state index contributed by atoms with van der Waals surface area (Å²) >= 11 is 5.68. The lowest BCUT2D eigenvalue weighted by Crippen LogP contribution is -2.24. The molecule has 2 rings (SSSR count). The summed E-state index contributed by atoms with van der Waals surface area (Å²) in [4.78, 5) is 0. The molecule has 1 aromatic carbocycles. The molecule has 0 saturated carbocycles. The average Bonchev–Trinajstić information content (AvgIpc) is 2.74. The van der Waals surface area contributed by atoms with Gasteiger partial charge in [0.05, 0.1) is 5.56 Å². The van der Waals surface area contributed by atoms with E-state index >= 15 is 0 Å². The molecular weight excluding hydrogens is 267 g/mol. The molecule has 1 atom stereocenters. The lowest BCUT2D eigenvalue weighted by atomic mass is 10.0. The summed E-state index contributed by atoms with van der Waals surface area (Å²) in [6.45, 7) is 0.859. The molecule has 2 N–H and O–H groups in total. The van der Waals surface area contributed by atoms with Crippen LogP contribution in [0.2, 0.25) is 5.02 Å². The van der Waals surface area contributed by atoms with Crippen molar-refractivity contribution in [3.05, 3.63) is 28.3 Å². The number of rotatable bonds is 2. The van der Waals surface area contributed by atoms with Gasteiger partial charge >= 0.3 is 6.18 Å². The number of benzene rings is 1. The summed E-state index contributed by atoms with van der Waals surface area (Å²) in [5.74, 6) is -0.708. The quantitative estimate of drug-likeness (QED) is 0.870. The number of halogens is 4. The molecule has 1 unspecified atom stereocenters. The summed E-state index contributed by atoms with van der Waals surface area (Å²) < 4.78 is 38.1. The Hall–Kier alpha value is -0.940. The van der Waals surface area contributed by atoms with E-state index in [1.807, 2.05) is 0 Å². The van der Waals surface area contributed by atoms with Crippen LogP contribution in [0.4, 0.5) is 13.2 Å². The molecule has 0 radical (unpaired) electrons. The first-order chi connectivity index (χ1) is 8.38. The molecule has 6 heteroatoms. The molecule has 100 valence electrons. The molecule has 0 bridgehead atoms. The van der Waals surface area contributed by atoms with Crippen molar-refractivity contribution in [3.63, 3.8) is 0 Å². The molecule has 18 heavy (non-hydrogen) atoms. The van der Waals surface area contributed by atoms with Gasteiger partial charge in [-0.05, 0) is 43.5 Å². The number of nitrogens with one attached hydrogen (secondary N) is 1. The highest BCUT2D eigenvalue weighted by Gasteiger charge is 2.35. The van der Waals surface area contributed by atoms with Crippen molar-refractivity contribution in [1.82, 2.24) is 5.32 Å². The van der Waals surface area contributed by atoms with Gasteiger partial charge in [0, 0.05) is 11.1 Å². The molecule has 0 amide bonds. The Kier molecular flexibility index (Phi) is 3.73. The van der Waals surface area contributed by atoms with Crippen LogP contribution in [0.15, 0.2) is 12.1 Å². The highest BCUT2D eigenvalue weighted by molar-refractivity contribution is 6.30. The average molecular weight is 280 g/mol. The molecule has 1 aliphatic heterocycles. The van der Waals surface area contributed by atoms with Gasteiger partial charge in [-0.15, -0.1) is 0 Å². The van der Waals surface area contributed by atoms with Crippen LogP contribution in [0, 0.1) is 0 Å². The lowest BCUT2D eigenvalue weighted by Gasteiger charge is -2.16. The van der Waals surface area contributed by atoms with Crippen molar-refractivity contribution in [3.8, 4) is 5.75 Å². The molecule has 0 aromatic heterocycles. The maximum atomic E-state index is 12.7. The zero-order chi connectivity index (χ0) is 13.3. The molecule has 0 aliphatic carbocycles. The Labute approximate surface area is 108 Å². The fourth-order valence-electron chi connectivity index (χ4n) is 2.22. The lowest BCUT2D eigenvalue weighted by molar-refractivity contribution is -0.138. The third kappa shape index (κ3) is 2.90. The highest BCUT2D eigenvalue weighted by Crippen LogP contribution is 2.40. The van der Waals surface area contributed by atoms with Crippen molar-refractivity contribution in [2.75, 3.05) is 6.54 Å². The Morgan fingerprint density at radius 2 is 2.11 bits per heavy atom. The van der Waals surface area contributed by atoms with E-state index in [0.29, 0.717) is 6.42 Å². The van der Waals surface area contributed by atoms with E-state index in [4.69, 9.17) is 11.6 Å². The van der Waals surface area contributed by atoms with E-state index in [1.165, 1.54) is 6.07 Å². The SMILES string of the molecule is Oc1c(CC2CCCN2)cc(Cl)cc1C(F)(F)F. The fourth-order valence-corrected chi connectivity index (χ4v) is 2.46. The van der Waals surface area contributed by atoms with Crippen LogP contribution < -0.4 is 5.32 Å². The Bertz CT molecular complexity index is 442. The van der Waals surface area contributed by atoms with Gasteiger partial charge in [-0.1, -0.05) is 11.6 Å². The van der Waals surface area contributed by atoms with Crippen molar-refractivity contribution < 1.29 is 18.3 Å². The van der Waals surface area contributed by atoms with Crippen molar-refractivity contribution in [2.24, 2.45) is 0 Å². The van der Waals surface area contributed by atoms with Gasteiger partial charge in [0.2, 0.25) is 0 Å². The number of alkyl halides is 3. The first-order valence-corrected chi connectivity index (χ1v) is 6.07. The second-order valence-corrected chi connectivity index (χ2v) is 4.89. The van der Waals surface area contributed by atoms with Crippen LogP contribution in [-0.2, 0) is 12.6 Å². The summed E-state index contributed by atoms with van der Waals surface area (Å²) in [6.07, 6.45) is -2.34. The van der Waals surface area contributed by atoms with Gasteiger partial charge in [-0.25, -0.2) is 0 Å². The molecule has 1 fully saturated rings. The molecular formula is C12H13ClF3NO. The number of phenolic OH excluding ortho intramolecular Hbond substituents is 1. The second-order valence-electron chi connectivity index (χ2n) is 4.46. The Morgan fingerprint density at radius 3 is 2.67 bits per heavy atom. The van der Waals surface area contributed by atoms with E-state index in [0.717, 1.165) is 25.5 Å². The van der Waals surface area contributed by atoms with Crippen LogP contribution in [0.1, 0.15) is 24.0 Å². The molecule has 1 aliphatic rings. The maximum Gasteiger partial charge on any atom is 0.420 e. The zero-order valence-electron chi connectivity index (χ0n) is 9.52. The van der Waals surface area contributed by atoms with Crippen LogP contribution in [0.3, 0.4) is 0 Å². The monoisotopic (exact) mass is 279 g/mol. The van der Waals surface area contributed by atoms with E-state index in [9.17, 15) is 18.3 Å². The molecule has 0 spiro atoms. The fraction of sp³-hybridized carbons (Fsp3) is 0.500. The van der Waals surface area contributed by atoms with Gasteiger partial charge in [0.25, 0.3) is 0 Å². The second kappa shape index (κ2) is 4.97. The van der Waals surface area contributed by atoms with Gasteiger partial charge in [0.15, 0.2) is 0 Å². The number of hydrogen-bond donors (Lipinski definition) is 2. The van der Waals surface area contributed by atoms with E-state index in [-0.39, 0.29) is 16.6 Å². The van der Waals surface area contributed by atoms with Crippen molar-refractivity contribution in [1.29, 1.82) is 0 Å². The Morgan fingerprint density at radius 1 is 1.39 bits per heavy atom. The smallest absolute Gasteiger partial charge is 0.420 e.